The van der Waals surface area contributed by atoms with Gasteiger partial charge in [-0.15, -0.1) is 0 Å². The van der Waals surface area contributed by atoms with Crippen LogP contribution in [0.4, 0.5) is 0 Å². The first-order chi connectivity index (χ1) is 17.9. The summed E-state index contributed by atoms with van der Waals surface area (Å²) in [6, 6.07) is 1.80. The van der Waals surface area contributed by atoms with Gasteiger partial charge >= 0.3 is 5.97 Å². The smallest absolute Gasteiger partial charge is 0.328 e. The molecule has 2 saturated carbocycles. The zero-order valence-electron chi connectivity index (χ0n) is 22.4. The van der Waals surface area contributed by atoms with Gasteiger partial charge in [0.05, 0.1) is 13.2 Å². The first kappa shape index (κ1) is 28.2. The van der Waals surface area contributed by atoms with Crippen molar-refractivity contribution < 1.29 is 39.5 Å². The summed E-state index contributed by atoms with van der Waals surface area (Å²) in [6.45, 7) is 6.88. The molecule has 0 spiro atoms. The Morgan fingerprint density at radius 3 is 2.53 bits per heavy atom. The zero-order valence-corrected chi connectivity index (χ0v) is 22.4. The molecule has 0 aromatic heterocycles. The molecule has 0 bridgehead atoms. The lowest BCUT2D eigenvalue weighted by atomic mass is 9.88. The van der Waals surface area contributed by atoms with Crippen molar-refractivity contribution in [3.8, 4) is 11.5 Å². The predicted octanol–water partition coefficient (Wildman–Crippen LogP) is 1.47. The monoisotopic (exact) mass is 532 g/mol. The van der Waals surface area contributed by atoms with Crippen LogP contribution in [-0.2, 0) is 25.5 Å². The van der Waals surface area contributed by atoms with E-state index in [0.29, 0.717) is 54.2 Å². The number of carbonyl (C=O) groups excluding carboxylic acids is 3. The number of fused-ring (bicyclic) bond motifs is 1. The average Bonchev–Trinajstić information content (AvgIpc) is 3.28. The number of phenols is 2. The molecule has 2 aliphatic carbocycles. The van der Waals surface area contributed by atoms with Crippen LogP contribution in [-0.4, -0.2) is 81.1 Å². The topological polar surface area (TPSA) is 157 Å². The molecular formula is C28H40N2O8. The highest BCUT2D eigenvalue weighted by atomic mass is 16.5. The lowest BCUT2D eigenvalue weighted by Gasteiger charge is -2.28. The minimum Gasteiger partial charge on any atom is -0.504 e. The Labute approximate surface area is 223 Å². The number of nitrogens with zero attached hydrogens (tertiary/aromatic N) is 1. The second-order valence-electron chi connectivity index (χ2n) is 11.8. The molecule has 1 saturated heterocycles. The van der Waals surface area contributed by atoms with Gasteiger partial charge in [-0.25, -0.2) is 4.79 Å². The first-order valence-corrected chi connectivity index (χ1v) is 13.5. The number of rotatable bonds is 10. The highest BCUT2D eigenvalue weighted by Gasteiger charge is 2.72. The Morgan fingerprint density at radius 2 is 1.89 bits per heavy atom. The average molecular weight is 533 g/mol. The third kappa shape index (κ3) is 5.20. The number of aliphatic hydroxyl groups excluding tert-OH is 2. The molecule has 3 aliphatic rings. The standard InChI is InChI=1S/C28H40N2O8/c1-27(2)23-17(8-10-28(23,27)3)9-12-38-26(37)19-5-4-11-30(19)25(36)18(15-31)29-24(35)22(34)14-16-6-7-20(32)21(33)13-16/h6-7,13,17-19,22-23,31-34H,4-5,8-12,14-15H2,1-3H3,(H,29,35). The molecule has 3 fully saturated rings. The van der Waals surface area contributed by atoms with Crippen molar-refractivity contribution in [2.24, 2.45) is 22.7 Å². The first-order valence-electron chi connectivity index (χ1n) is 13.5. The number of phenolic OH excluding ortho intramolecular Hbond substituents is 2. The van der Waals surface area contributed by atoms with Crippen molar-refractivity contribution in [1.82, 2.24) is 10.2 Å². The number of esters is 1. The van der Waals surface area contributed by atoms with E-state index >= 15 is 0 Å². The fraction of sp³-hybridized carbons (Fsp3) is 0.679. The van der Waals surface area contributed by atoms with Gasteiger partial charge in [0.25, 0.3) is 0 Å². The number of nitrogens with one attached hydrogen (secondary N) is 1. The van der Waals surface area contributed by atoms with E-state index in [1.165, 1.54) is 29.5 Å². The Balaban J connectivity index is 1.27. The van der Waals surface area contributed by atoms with Gasteiger partial charge < -0.3 is 35.4 Å². The fourth-order valence-electron chi connectivity index (χ4n) is 7.02. The number of hydrogen-bond acceptors (Lipinski definition) is 8. The van der Waals surface area contributed by atoms with E-state index in [1.54, 1.807) is 0 Å². The molecule has 1 aromatic rings. The largest absolute Gasteiger partial charge is 0.504 e. The Bertz CT molecular complexity index is 1070. The molecule has 6 atom stereocenters. The van der Waals surface area contributed by atoms with Crippen LogP contribution in [0.1, 0.15) is 58.4 Å². The molecule has 4 rings (SSSR count). The van der Waals surface area contributed by atoms with E-state index in [2.05, 4.69) is 26.1 Å². The maximum atomic E-state index is 13.1. The summed E-state index contributed by atoms with van der Waals surface area (Å²) in [7, 11) is 0. The molecule has 2 amide bonds. The SMILES string of the molecule is CC1(C)C2C(CCOC(=O)C3CCCN3C(=O)C(CO)NC(=O)C(O)Cc3ccc(O)c(O)c3)CCC21C. The summed E-state index contributed by atoms with van der Waals surface area (Å²) in [5.41, 5.74) is 1.11. The van der Waals surface area contributed by atoms with Crippen molar-refractivity contribution in [3.05, 3.63) is 23.8 Å². The second-order valence-corrected chi connectivity index (χ2v) is 11.8. The van der Waals surface area contributed by atoms with Crippen molar-refractivity contribution in [3.63, 3.8) is 0 Å². The Kier molecular flexibility index (Phi) is 7.95. The Morgan fingerprint density at radius 1 is 1.16 bits per heavy atom. The number of hydrogen-bond donors (Lipinski definition) is 5. The van der Waals surface area contributed by atoms with E-state index in [-0.39, 0.29) is 17.9 Å². The minimum atomic E-state index is -1.56. The van der Waals surface area contributed by atoms with Crippen LogP contribution in [0.25, 0.3) is 0 Å². The molecule has 1 aliphatic heterocycles. The van der Waals surface area contributed by atoms with Crippen LogP contribution < -0.4 is 5.32 Å². The molecule has 210 valence electrons. The summed E-state index contributed by atoms with van der Waals surface area (Å²) in [5, 5.41) is 41.4. The number of aromatic hydroxyl groups is 2. The summed E-state index contributed by atoms with van der Waals surface area (Å²) in [5.74, 6) is -1.48. The van der Waals surface area contributed by atoms with Gasteiger partial charge in [-0.1, -0.05) is 26.8 Å². The van der Waals surface area contributed by atoms with Crippen LogP contribution in [0, 0.1) is 22.7 Å². The molecular weight excluding hydrogens is 492 g/mol. The molecule has 0 radical (unpaired) electrons. The minimum absolute atomic E-state index is 0.178. The van der Waals surface area contributed by atoms with Gasteiger partial charge in [-0.05, 0) is 72.5 Å². The maximum absolute atomic E-state index is 13.1. The van der Waals surface area contributed by atoms with Crippen molar-refractivity contribution in [2.45, 2.75) is 77.5 Å². The normalized spacial score (nSPS) is 28.9. The van der Waals surface area contributed by atoms with E-state index < -0.39 is 42.6 Å². The van der Waals surface area contributed by atoms with Gasteiger partial charge in [0.2, 0.25) is 11.8 Å². The van der Waals surface area contributed by atoms with E-state index in [4.69, 9.17) is 4.74 Å². The number of carbonyl (C=O) groups is 3. The summed E-state index contributed by atoms with van der Waals surface area (Å²) in [4.78, 5) is 39.9. The van der Waals surface area contributed by atoms with Crippen LogP contribution in [0.2, 0.25) is 0 Å². The van der Waals surface area contributed by atoms with Gasteiger partial charge in [0, 0.05) is 13.0 Å². The molecule has 6 unspecified atom stereocenters. The second kappa shape index (κ2) is 10.7. The van der Waals surface area contributed by atoms with Gasteiger partial charge in [-0.3, -0.25) is 9.59 Å². The van der Waals surface area contributed by atoms with Gasteiger partial charge in [-0.2, -0.15) is 0 Å². The summed E-state index contributed by atoms with van der Waals surface area (Å²) < 4.78 is 5.59. The summed E-state index contributed by atoms with van der Waals surface area (Å²) in [6.07, 6.45) is 2.46. The third-order valence-electron chi connectivity index (χ3n) is 9.47. The Hall–Kier alpha value is -2.85. The molecule has 1 aromatic carbocycles. The number of likely N-dealkylation sites (tertiary alicyclic amines) is 1. The van der Waals surface area contributed by atoms with Crippen LogP contribution in [0.3, 0.4) is 0 Å². The van der Waals surface area contributed by atoms with Crippen molar-refractivity contribution in [1.29, 1.82) is 0 Å². The highest BCUT2D eigenvalue weighted by molar-refractivity contribution is 5.92. The maximum Gasteiger partial charge on any atom is 0.328 e. The molecule has 10 heteroatoms. The van der Waals surface area contributed by atoms with Gasteiger partial charge in [0.15, 0.2) is 11.5 Å². The number of benzene rings is 1. The van der Waals surface area contributed by atoms with Crippen molar-refractivity contribution >= 4 is 17.8 Å². The molecule has 38 heavy (non-hydrogen) atoms. The van der Waals surface area contributed by atoms with Gasteiger partial charge in [0.1, 0.15) is 18.2 Å². The number of ether oxygens (including phenoxy) is 1. The molecule has 5 N–H and O–H groups in total. The van der Waals surface area contributed by atoms with E-state index in [1.807, 2.05) is 0 Å². The molecule has 1 heterocycles. The number of aliphatic hydroxyl groups is 2. The van der Waals surface area contributed by atoms with Crippen molar-refractivity contribution in [2.75, 3.05) is 19.8 Å². The lowest BCUT2D eigenvalue weighted by molar-refractivity contribution is -0.155. The fourth-order valence-corrected chi connectivity index (χ4v) is 7.02. The molecule has 10 nitrogen and oxygen atoms in total. The predicted molar refractivity (Wildman–Crippen MR) is 137 cm³/mol. The highest BCUT2D eigenvalue weighted by Crippen LogP contribution is 2.78. The zero-order chi connectivity index (χ0) is 27.8. The van der Waals surface area contributed by atoms with E-state index in [0.717, 1.165) is 12.8 Å². The quantitative estimate of drug-likeness (QED) is 0.224. The van der Waals surface area contributed by atoms with Crippen LogP contribution >= 0.6 is 0 Å². The summed E-state index contributed by atoms with van der Waals surface area (Å²) >= 11 is 0. The number of amides is 2. The van der Waals surface area contributed by atoms with E-state index in [9.17, 15) is 34.8 Å². The van der Waals surface area contributed by atoms with Crippen LogP contribution in [0.5, 0.6) is 11.5 Å². The third-order valence-corrected chi connectivity index (χ3v) is 9.47. The van der Waals surface area contributed by atoms with Crippen LogP contribution in [0.15, 0.2) is 18.2 Å². The lowest BCUT2D eigenvalue weighted by Crippen LogP contribution is -2.55.